The lowest BCUT2D eigenvalue weighted by Crippen LogP contribution is -2.13. The summed E-state index contributed by atoms with van der Waals surface area (Å²) in [5, 5.41) is 7.44. The molecule has 0 atom stereocenters. The molecule has 128 valence electrons. The van der Waals surface area contributed by atoms with Gasteiger partial charge in [0.05, 0.1) is 15.7 Å². The molecule has 0 aliphatic carbocycles. The average molecular weight is 376 g/mol. The minimum absolute atomic E-state index is 0.178. The van der Waals surface area contributed by atoms with E-state index in [2.05, 4.69) is 15.5 Å². The van der Waals surface area contributed by atoms with Crippen molar-refractivity contribution >= 4 is 34.8 Å². The SMILES string of the molecule is Cc1cccc(-c2noc(CCC(=O)Nc3c(Cl)cccc3Cl)n2)c1. The molecule has 1 N–H and O–H groups in total. The number of benzene rings is 2. The molecule has 0 spiro atoms. The number of amides is 1. The number of anilines is 1. The smallest absolute Gasteiger partial charge is 0.227 e. The largest absolute Gasteiger partial charge is 0.339 e. The van der Waals surface area contributed by atoms with E-state index >= 15 is 0 Å². The third kappa shape index (κ3) is 4.38. The van der Waals surface area contributed by atoms with Crippen LogP contribution in [0, 0.1) is 6.92 Å². The van der Waals surface area contributed by atoms with Gasteiger partial charge in [-0.3, -0.25) is 4.79 Å². The third-order valence-corrected chi connectivity index (χ3v) is 4.17. The maximum atomic E-state index is 12.1. The number of aromatic nitrogens is 2. The van der Waals surface area contributed by atoms with Crippen LogP contribution in [0.1, 0.15) is 17.9 Å². The van der Waals surface area contributed by atoms with Crippen molar-refractivity contribution in [1.82, 2.24) is 10.1 Å². The van der Waals surface area contributed by atoms with Crippen molar-refractivity contribution < 1.29 is 9.32 Å². The number of hydrogen-bond donors (Lipinski definition) is 1. The molecule has 5 nitrogen and oxygen atoms in total. The molecule has 3 aromatic rings. The predicted octanol–water partition coefficient (Wildman–Crippen LogP) is 4.92. The Morgan fingerprint density at radius 3 is 2.60 bits per heavy atom. The normalized spacial score (nSPS) is 10.7. The summed E-state index contributed by atoms with van der Waals surface area (Å²) in [5.74, 6) is 0.676. The van der Waals surface area contributed by atoms with Gasteiger partial charge < -0.3 is 9.84 Å². The van der Waals surface area contributed by atoms with Gasteiger partial charge in [0.25, 0.3) is 0 Å². The molecule has 1 heterocycles. The predicted molar refractivity (Wildman–Crippen MR) is 97.9 cm³/mol. The van der Waals surface area contributed by atoms with Gasteiger partial charge in [0.1, 0.15) is 0 Å². The van der Waals surface area contributed by atoms with Crippen molar-refractivity contribution in [1.29, 1.82) is 0 Å². The quantitative estimate of drug-likeness (QED) is 0.686. The van der Waals surface area contributed by atoms with Crippen molar-refractivity contribution in [2.75, 3.05) is 5.32 Å². The van der Waals surface area contributed by atoms with E-state index in [1.165, 1.54) is 0 Å². The Balaban J connectivity index is 1.61. The lowest BCUT2D eigenvalue weighted by atomic mass is 10.1. The minimum Gasteiger partial charge on any atom is -0.339 e. The molecule has 0 fully saturated rings. The van der Waals surface area contributed by atoms with E-state index in [1.54, 1.807) is 18.2 Å². The Morgan fingerprint density at radius 2 is 1.88 bits per heavy atom. The second kappa shape index (κ2) is 7.68. The van der Waals surface area contributed by atoms with Gasteiger partial charge in [0.15, 0.2) is 0 Å². The zero-order valence-electron chi connectivity index (χ0n) is 13.4. The van der Waals surface area contributed by atoms with Crippen LogP contribution in [0.15, 0.2) is 47.0 Å². The summed E-state index contributed by atoms with van der Waals surface area (Å²) >= 11 is 12.1. The van der Waals surface area contributed by atoms with E-state index in [1.807, 2.05) is 31.2 Å². The highest BCUT2D eigenvalue weighted by Gasteiger charge is 2.13. The number of rotatable bonds is 5. The molecule has 2 aromatic carbocycles. The Morgan fingerprint density at radius 1 is 1.16 bits per heavy atom. The van der Waals surface area contributed by atoms with Crippen LogP contribution in [-0.4, -0.2) is 16.0 Å². The summed E-state index contributed by atoms with van der Waals surface area (Å²) in [4.78, 5) is 16.4. The van der Waals surface area contributed by atoms with E-state index < -0.39 is 0 Å². The van der Waals surface area contributed by atoms with Crippen LogP contribution in [0.5, 0.6) is 0 Å². The van der Waals surface area contributed by atoms with Crippen molar-refractivity contribution in [3.63, 3.8) is 0 Å². The summed E-state index contributed by atoms with van der Waals surface area (Å²) < 4.78 is 5.21. The van der Waals surface area contributed by atoms with E-state index in [9.17, 15) is 4.79 Å². The Kier molecular flexibility index (Phi) is 5.36. The number of nitrogens with zero attached hydrogens (tertiary/aromatic N) is 2. The highest BCUT2D eigenvalue weighted by Crippen LogP contribution is 2.29. The lowest BCUT2D eigenvalue weighted by Gasteiger charge is -2.08. The zero-order chi connectivity index (χ0) is 17.8. The molecule has 3 rings (SSSR count). The second-order valence-corrected chi connectivity index (χ2v) is 6.34. The summed E-state index contributed by atoms with van der Waals surface area (Å²) in [6.07, 6.45) is 0.504. The summed E-state index contributed by atoms with van der Waals surface area (Å²) in [6.45, 7) is 1.99. The number of para-hydroxylation sites is 1. The van der Waals surface area contributed by atoms with Crippen LogP contribution in [0.2, 0.25) is 10.0 Å². The molecule has 1 aromatic heterocycles. The first-order chi connectivity index (χ1) is 12.0. The fourth-order valence-electron chi connectivity index (χ4n) is 2.30. The number of aryl methyl sites for hydroxylation is 2. The van der Waals surface area contributed by atoms with Gasteiger partial charge >= 0.3 is 0 Å². The van der Waals surface area contributed by atoms with E-state index in [-0.39, 0.29) is 12.3 Å². The second-order valence-electron chi connectivity index (χ2n) is 5.53. The lowest BCUT2D eigenvalue weighted by molar-refractivity contribution is -0.116. The molecule has 0 saturated carbocycles. The van der Waals surface area contributed by atoms with Gasteiger partial charge in [0.2, 0.25) is 17.6 Å². The molecule has 0 unspecified atom stereocenters. The number of carbonyl (C=O) groups excluding carboxylic acids is 1. The molecule has 0 saturated heterocycles. The maximum Gasteiger partial charge on any atom is 0.227 e. The van der Waals surface area contributed by atoms with Gasteiger partial charge in [-0.25, -0.2) is 0 Å². The van der Waals surface area contributed by atoms with Crippen molar-refractivity contribution in [3.8, 4) is 11.4 Å². The molecule has 0 bridgehead atoms. The van der Waals surface area contributed by atoms with Crippen molar-refractivity contribution in [3.05, 3.63) is 64.0 Å². The van der Waals surface area contributed by atoms with E-state index in [0.29, 0.717) is 33.9 Å². The Hall–Kier alpha value is -2.37. The van der Waals surface area contributed by atoms with Crippen molar-refractivity contribution in [2.45, 2.75) is 19.8 Å². The Labute approximate surface area is 155 Å². The summed E-state index contributed by atoms with van der Waals surface area (Å²) in [5.41, 5.74) is 2.39. The highest BCUT2D eigenvalue weighted by atomic mass is 35.5. The van der Waals surface area contributed by atoms with Gasteiger partial charge in [0, 0.05) is 18.4 Å². The topological polar surface area (TPSA) is 68.0 Å². The first-order valence-corrected chi connectivity index (χ1v) is 8.42. The molecule has 1 amide bonds. The number of carbonyl (C=O) groups is 1. The monoisotopic (exact) mass is 375 g/mol. The molecule has 0 aliphatic rings. The van der Waals surface area contributed by atoms with Crippen LogP contribution >= 0.6 is 23.2 Å². The fourth-order valence-corrected chi connectivity index (χ4v) is 2.79. The van der Waals surface area contributed by atoms with Crippen LogP contribution in [0.3, 0.4) is 0 Å². The summed E-state index contributed by atoms with van der Waals surface area (Å²) in [6, 6.07) is 12.8. The van der Waals surface area contributed by atoms with Crippen molar-refractivity contribution in [2.24, 2.45) is 0 Å². The number of hydrogen-bond acceptors (Lipinski definition) is 4. The molecule has 25 heavy (non-hydrogen) atoms. The molecule has 0 radical (unpaired) electrons. The van der Waals surface area contributed by atoms with Crippen LogP contribution < -0.4 is 5.32 Å². The molecule has 7 heteroatoms. The summed E-state index contributed by atoms with van der Waals surface area (Å²) in [7, 11) is 0. The van der Waals surface area contributed by atoms with Gasteiger partial charge in [-0.2, -0.15) is 4.98 Å². The van der Waals surface area contributed by atoms with Crippen LogP contribution in [-0.2, 0) is 11.2 Å². The van der Waals surface area contributed by atoms with Crippen LogP contribution in [0.4, 0.5) is 5.69 Å². The Bertz CT molecular complexity index is 889. The molecular formula is C18H15Cl2N3O2. The third-order valence-electron chi connectivity index (χ3n) is 3.54. The fraction of sp³-hybridized carbons (Fsp3) is 0.167. The van der Waals surface area contributed by atoms with E-state index in [0.717, 1.165) is 11.1 Å². The standard InChI is InChI=1S/C18H15Cl2N3O2/c1-11-4-2-5-12(10-11)18-22-16(25-23-18)9-8-15(24)21-17-13(19)6-3-7-14(17)20/h2-7,10H,8-9H2,1H3,(H,21,24). The first kappa shape index (κ1) is 17.5. The minimum atomic E-state index is -0.231. The van der Waals surface area contributed by atoms with E-state index in [4.69, 9.17) is 27.7 Å². The number of nitrogens with one attached hydrogen (secondary N) is 1. The maximum absolute atomic E-state index is 12.1. The van der Waals surface area contributed by atoms with Gasteiger partial charge in [-0.05, 0) is 25.1 Å². The zero-order valence-corrected chi connectivity index (χ0v) is 14.9. The van der Waals surface area contributed by atoms with Gasteiger partial charge in [-0.1, -0.05) is 58.2 Å². The van der Waals surface area contributed by atoms with Crippen LogP contribution in [0.25, 0.3) is 11.4 Å². The first-order valence-electron chi connectivity index (χ1n) is 7.66. The molecular weight excluding hydrogens is 361 g/mol. The average Bonchev–Trinajstić information content (AvgIpc) is 3.06. The number of halogens is 2. The molecule has 0 aliphatic heterocycles. The van der Waals surface area contributed by atoms with Gasteiger partial charge in [-0.15, -0.1) is 0 Å². The highest BCUT2D eigenvalue weighted by molar-refractivity contribution is 6.39.